The van der Waals surface area contributed by atoms with Gasteiger partial charge in [0.1, 0.15) is 6.61 Å². The molecule has 0 radical (unpaired) electrons. The Balaban J connectivity index is 1.53. The van der Waals surface area contributed by atoms with Gasteiger partial charge in [0.2, 0.25) is 5.91 Å². The summed E-state index contributed by atoms with van der Waals surface area (Å²) in [6.07, 6.45) is 2.49. The molecule has 0 unspecified atom stereocenters. The van der Waals surface area contributed by atoms with Crippen molar-refractivity contribution in [3.05, 3.63) is 65.7 Å². The van der Waals surface area contributed by atoms with Crippen LogP contribution in [0.5, 0.6) is 0 Å². The molecule has 0 N–H and O–H groups in total. The summed E-state index contributed by atoms with van der Waals surface area (Å²) in [5.41, 5.74) is 3.53. The van der Waals surface area contributed by atoms with Crippen LogP contribution in [0, 0.1) is 0 Å². The van der Waals surface area contributed by atoms with Crippen LogP contribution in [0.4, 0.5) is 5.69 Å². The molecule has 2 aromatic rings. The number of hydrogen-bond acceptors (Lipinski definition) is 3. The topological polar surface area (TPSA) is 32.8 Å². The normalized spacial score (nSPS) is 13.9. The number of para-hydroxylation sites is 1. The Morgan fingerprint density at radius 1 is 1.04 bits per heavy atom. The fraction of sp³-hybridized carbons (Fsp3) is 0.381. The van der Waals surface area contributed by atoms with Crippen molar-refractivity contribution >= 4 is 11.6 Å². The minimum Gasteiger partial charge on any atom is -0.371 e. The number of carbonyl (C=O) groups is 1. The summed E-state index contributed by atoms with van der Waals surface area (Å²) in [6.45, 7) is 3.39. The number of benzene rings is 2. The molecule has 0 saturated carbocycles. The number of ether oxygens (including phenoxy) is 1. The Bertz CT molecular complexity index is 681. The molecule has 3 rings (SSSR count). The molecule has 1 fully saturated rings. The Kier molecular flexibility index (Phi) is 6.07. The second-order valence-corrected chi connectivity index (χ2v) is 6.55. The third-order valence-corrected chi connectivity index (χ3v) is 4.61. The van der Waals surface area contributed by atoms with E-state index < -0.39 is 0 Å². The largest absolute Gasteiger partial charge is 0.371 e. The van der Waals surface area contributed by atoms with Crippen molar-refractivity contribution in [1.82, 2.24) is 4.90 Å². The predicted octanol–water partition coefficient (Wildman–Crippen LogP) is 3.46. The lowest BCUT2D eigenvalue weighted by molar-refractivity contribution is -0.135. The van der Waals surface area contributed by atoms with Crippen LogP contribution in [0.2, 0.25) is 0 Å². The van der Waals surface area contributed by atoms with Gasteiger partial charge in [-0.25, -0.2) is 0 Å². The molecule has 1 aliphatic rings. The number of rotatable bonds is 7. The molecule has 0 atom stereocenters. The first-order chi connectivity index (χ1) is 12.2. The minimum absolute atomic E-state index is 0.00663. The number of anilines is 1. The number of carbonyl (C=O) groups excluding carboxylic acids is 1. The van der Waals surface area contributed by atoms with Gasteiger partial charge < -0.3 is 14.5 Å². The van der Waals surface area contributed by atoms with E-state index >= 15 is 0 Å². The van der Waals surface area contributed by atoms with Crippen LogP contribution in [-0.2, 0) is 22.7 Å². The fourth-order valence-electron chi connectivity index (χ4n) is 3.20. The van der Waals surface area contributed by atoms with Crippen LogP contribution in [0.1, 0.15) is 24.0 Å². The molecular formula is C21H26N2O2. The highest BCUT2D eigenvalue weighted by atomic mass is 16.5. The van der Waals surface area contributed by atoms with Crippen LogP contribution in [0.15, 0.2) is 54.6 Å². The van der Waals surface area contributed by atoms with Crippen molar-refractivity contribution in [1.29, 1.82) is 0 Å². The molecule has 1 amide bonds. The zero-order valence-corrected chi connectivity index (χ0v) is 14.9. The average molecular weight is 338 g/mol. The number of amides is 1. The first kappa shape index (κ1) is 17.5. The zero-order chi connectivity index (χ0) is 17.5. The summed E-state index contributed by atoms with van der Waals surface area (Å²) in [5, 5.41) is 0. The number of likely N-dealkylation sites (N-methyl/N-ethyl adjacent to an activating group) is 1. The highest BCUT2D eigenvalue weighted by Gasteiger charge is 2.17. The first-order valence-corrected chi connectivity index (χ1v) is 8.92. The molecule has 1 aliphatic heterocycles. The van der Waals surface area contributed by atoms with E-state index in [0.717, 1.165) is 18.7 Å². The quantitative estimate of drug-likeness (QED) is 0.775. The Hall–Kier alpha value is -2.33. The zero-order valence-electron chi connectivity index (χ0n) is 14.9. The molecule has 25 heavy (non-hydrogen) atoms. The molecule has 1 heterocycles. The van der Waals surface area contributed by atoms with E-state index in [-0.39, 0.29) is 12.5 Å². The van der Waals surface area contributed by atoms with Crippen molar-refractivity contribution < 1.29 is 9.53 Å². The van der Waals surface area contributed by atoms with Crippen LogP contribution in [-0.4, -0.2) is 37.6 Å². The first-order valence-electron chi connectivity index (χ1n) is 8.92. The van der Waals surface area contributed by atoms with Crippen LogP contribution in [0.3, 0.4) is 0 Å². The van der Waals surface area contributed by atoms with Crippen molar-refractivity contribution in [3.63, 3.8) is 0 Å². The molecular weight excluding hydrogens is 312 g/mol. The van der Waals surface area contributed by atoms with E-state index in [2.05, 4.69) is 23.1 Å². The van der Waals surface area contributed by atoms with E-state index in [4.69, 9.17) is 4.74 Å². The summed E-state index contributed by atoms with van der Waals surface area (Å²) in [7, 11) is 1.84. The summed E-state index contributed by atoms with van der Waals surface area (Å²) in [5.74, 6) is 0.00663. The van der Waals surface area contributed by atoms with Gasteiger partial charge in [0.25, 0.3) is 0 Å². The maximum Gasteiger partial charge on any atom is 0.248 e. The number of nitrogens with zero attached hydrogens (tertiary/aromatic N) is 2. The van der Waals surface area contributed by atoms with E-state index in [0.29, 0.717) is 13.2 Å². The molecule has 0 spiro atoms. The third kappa shape index (κ3) is 4.83. The summed E-state index contributed by atoms with van der Waals surface area (Å²) < 4.78 is 5.57. The van der Waals surface area contributed by atoms with Gasteiger partial charge in [0.05, 0.1) is 6.61 Å². The van der Waals surface area contributed by atoms with Crippen molar-refractivity contribution in [2.45, 2.75) is 26.0 Å². The van der Waals surface area contributed by atoms with E-state index in [9.17, 15) is 4.79 Å². The van der Waals surface area contributed by atoms with Gasteiger partial charge in [0, 0.05) is 32.4 Å². The maximum atomic E-state index is 12.4. The van der Waals surface area contributed by atoms with Crippen molar-refractivity contribution in [2.24, 2.45) is 0 Å². The summed E-state index contributed by atoms with van der Waals surface area (Å²) >= 11 is 0. The molecule has 0 aromatic heterocycles. The standard InChI is InChI=1S/C21H26N2O2/c1-22(21(24)17-25-16-18-9-3-2-4-10-18)15-19-11-5-6-12-20(19)23-13-7-8-14-23/h2-6,9-12H,7-8,13-17H2,1H3. The lowest BCUT2D eigenvalue weighted by Gasteiger charge is -2.24. The van der Waals surface area contributed by atoms with Gasteiger partial charge in [-0.05, 0) is 30.0 Å². The lowest BCUT2D eigenvalue weighted by Crippen LogP contribution is -2.31. The van der Waals surface area contributed by atoms with Gasteiger partial charge in [0.15, 0.2) is 0 Å². The monoisotopic (exact) mass is 338 g/mol. The Labute approximate surface area is 150 Å². The van der Waals surface area contributed by atoms with E-state index in [1.54, 1.807) is 4.90 Å². The highest BCUT2D eigenvalue weighted by Crippen LogP contribution is 2.25. The average Bonchev–Trinajstić information content (AvgIpc) is 3.17. The number of hydrogen-bond donors (Lipinski definition) is 0. The maximum absolute atomic E-state index is 12.4. The third-order valence-electron chi connectivity index (χ3n) is 4.61. The second kappa shape index (κ2) is 8.67. The molecule has 132 valence electrons. The van der Waals surface area contributed by atoms with Gasteiger partial charge in [-0.2, -0.15) is 0 Å². The van der Waals surface area contributed by atoms with Gasteiger partial charge >= 0.3 is 0 Å². The second-order valence-electron chi connectivity index (χ2n) is 6.55. The van der Waals surface area contributed by atoms with Gasteiger partial charge in [-0.3, -0.25) is 4.79 Å². The van der Waals surface area contributed by atoms with E-state index in [1.807, 2.05) is 43.4 Å². The summed E-state index contributed by atoms with van der Waals surface area (Å²) in [6, 6.07) is 18.3. The summed E-state index contributed by atoms with van der Waals surface area (Å²) in [4.78, 5) is 16.5. The molecule has 1 saturated heterocycles. The molecule has 4 nitrogen and oxygen atoms in total. The molecule has 0 bridgehead atoms. The van der Waals surface area contributed by atoms with Crippen LogP contribution in [0.25, 0.3) is 0 Å². The van der Waals surface area contributed by atoms with Gasteiger partial charge in [-0.15, -0.1) is 0 Å². The smallest absolute Gasteiger partial charge is 0.248 e. The SMILES string of the molecule is CN(Cc1ccccc1N1CCCC1)C(=O)COCc1ccccc1. The van der Waals surface area contributed by atoms with Crippen LogP contribution < -0.4 is 4.90 Å². The minimum atomic E-state index is 0.00663. The lowest BCUT2D eigenvalue weighted by atomic mass is 10.1. The highest BCUT2D eigenvalue weighted by molar-refractivity contribution is 5.77. The van der Waals surface area contributed by atoms with Crippen LogP contribution >= 0.6 is 0 Å². The predicted molar refractivity (Wildman–Crippen MR) is 100 cm³/mol. The van der Waals surface area contributed by atoms with Crippen molar-refractivity contribution in [2.75, 3.05) is 31.6 Å². The molecule has 2 aromatic carbocycles. The Morgan fingerprint density at radius 2 is 1.72 bits per heavy atom. The molecule has 0 aliphatic carbocycles. The van der Waals surface area contributed by atoms with E-state index in [1.165, 1.54) is 24.1 Å². The molecule has 4 heteroatoms. The Morgan fingerprint density at radius 3 is 2.48 bits per heavy atom. The van der Waals surface area contributed by atoms with Gasteiger partial charge in [-0.1, -0.05) is 48.5 Å². The van der Waals surface area contributed by atoms with Crippen molar-refractivity contribution in [3.8, 4) is 0 Å². The fourth-order valence-corrected chi connectivity index (χ4v) is 3.20.